The topological polar surface area (TPSA) is 38.3 Å². The Balaban J connectivity index is 1.93. The molecule has 1 aliphatic rings. The van der Waals surface area contributed by atoms with Crippen LogP contribution in [-0.2, 0) is 4.79 Å². The van der Waals surface area contributed by atoms with Crippen molar-refractivity contribution in [2.24, 2.45) is 17.8 Å². The van der Waals surface area contributed by atoms with Gasteiger partial charge in [-0.15, -0.1) is 0 Å². The van der Waals surface area contributed by atoms with Gasteiger partial charge in [-0.3, -0.25) is 4.79 Å². The molecule has 116 valence electrons. The molecule has 0 atom stereocenters. The Kier molecular flexibility index (Phi) is 5.27. The Morgan fingerprint density at radius 2 is 1.90 bits per heavy atom. The van der Waals surface area contributed by atoms with E-state index in [-0.39, 0.29) is 11.8 Å². The van der Waals surface area contributed by atoms with Crippen molar-refractivity contribution in [3.8, 4) is 5.75 Å². The van der Waals surface area contributed by atoms with Crippen LogP contribution in [0.2, 0.25) is 0 Å². The number of benzene rings is 1. The van der Waals surface area contributed by atoms with Gasteiger partial charge in [0.2, 0.25) is 5.91 Å². The molecule has 1 aromatic carbocycles. The van der Waals surface area contributed by atoms with Crippen molar-refractivity contribution in [3.05, 3.63) is 23.8 Å². The minimum Gasteiger partial charge on any atom is -0.496 e. The van der Waals surface area contributed by atoms with E-state index in [1.54, 1.807) is 7.11 Å². The molecule has 0 radical (unpaired) electrons. The van der Waals surface area contributed by atoms with E-state index in [0.29, 0.717) is 0 Å². The summed E-state index contributed by atoms with van der Waals surface area (Å²) in [6.07, 6.45) is 4.37. The molecule has 1 fully saturated rings. The third-order valence-electron chi connectivity index (χ3n) is 4.76. The fourth-order valence-corrected chi connectivity index (χ4v) is 3.19. The van der Waals surface area contributed by atoms with Gasteiger partial charge in [0, 0.05) is 17.7 Å². The van der Waals surface area contributed by atoms with Gasteiger partial charge >= 0.3 is 0 Å². The molecule has 3 nitrogen and oxygen atoms in total. The van der Waals surface area contributed by atoms with Crippen LogP contribution in [0.1, 0.15) is 45.1 Å². The molecule has 21 heavy (non-hydrogen) atoms. The average Bonchev–Trinajstić information content (AvgIpc) is 2.49. The largest absolute Gasteiger partial charge is 0.496 e. The van der Waals surface area contributed by atoms with Gasteiger partial charge < -0.3 is 10.1 Å². The molecule has 1 saturated carbocycles. The molecule has 0 bridgehead atoms. The normalized spacial score (nSPS) is 22.1. The molecule has 1 N–H and O–H groups in total. The van der Waals surface area contributed by atoms with Crippen LogP contribution in [0.5, 0.6) is 5.75 Å². The molecule has 1 aromatic rings. The second kappa shape index (κ2) is 6.97. The van der Waals surface area contributed by atoms with E-state index < -0.39 is 0 Å². The molecule has 1 aliphatic carbocycles. The lowest BCUT2D eigenvalue weighted by atomic mass is 9.76. The third-order valence-corrected chi connectivity index (χ3v) is 4.76. The second-order valence-corrected chi connectivity index (χ2v) is 6.53. The van der Waals surface area contributed by atoms with Crippen LogP contribution >= 0.6 is 0 Å². The minimum atomic E-state index is 0.156. The highest BCUT2D eigenvalue weighted by Crippen LogP contribution is 2.34. The van der Waals surface area contributed by atoms with Crippen molar-refractivity contribution in [1.29, 1.82) is 0 Å². The van der Waals surface area contributed by atoms with Crippen molar-refractivity contribution >= 4 is 11.6 Å². The van der Waals surface area contributed by atoms with E-state index in [9.17, 15) is 4.79 Å². The maximum atomic E-state index is 12.4. The zero-order valence-corrected chi connectivity index (χ0v) is 13.6. The monoisotopic (exact) mass is 289 g/mol. The van der Waals surface area contributed by atoms with Crippen LogP contribution < -0.4 is 10.1 Å². The van der Waals surface area contributed by atoms with Crippen LogP contribution in [0, 0.1) is 24.7 Å². The quantitative estimate of drug-likeness (QED) is 0.892. The SMILES string of the molecule is COc1cc(NC(=O)C2CCC(C(C)C)CC2)ccc1C. The Hall–Kier alpha value is -1.51. The fourth-order valence-electron chi connectivity index (χ4n) is 3.19. The van der Waals surface area contributed by atoms with Crippen LogP contribution in [0.4, 0.5) is 5.69 Å². The Morgan fingerprint density at radius 1 is 1.24 bits per heavy atom. The van der Waals surface area contributed by atoms with E-state index in [2.05, 4.69) is 19.2 Å². The van der Waals surface area contributed by atoms with Gasteiger partial charge in [0.1, 0.15) is 5.75 Å². The second-order valence-electron chi connectivity index (χ2n) is 6.53. The van der Waals surface area contributed by atoms with Gasteiger partial charge in [0.05, 0.1) is 7.11 Å². The summed E-state index contributed by atoms with van der Waals surface area (Å²) in [5.41, 5.74) is 1.90. The van der Waals surface area contributed by atoms with Gasteiger partial charge in [0.15, 0.2) is 0 Å². The van der Waals surface area contributed by atoms with E-state index in [4.69, 9.17) is 4.74 Å². The van der Waals surface area contributed by atoms with Gasteiger partial charge in [0.25, 0.3) is 0 Å². The number of aryl methyl sites for hydroxylation is 1. The summed E-state index contributed by atoms with van der Waals surface area (Å²) >= 11 is 0. The summed E-state index contributed by atoms with van der Waals surface area (Å²) in [4.78, 5) is 12.4. The van der Waals surface area contributed by atoms with Crippen molar-refractivity contribution in [2.75, 3.05) is 12.4 Å². The number of carbonyl (C=O) groups is 1. The number of carbonyl (C=O) groups excluding carboxylic acids is 1. The van der Waals surface area contributed by atoms with Gasteiger partial charge in [-0.05, 0) is 56.1 Å². The molecule has 3 heteroatoms. The van der Waals surface area contributed by atoms with Crippen molar-refractivity contribution in [1.82, 2.24) is 0 Å². The number of rotatable bonds is 4. The predicted molar refractivity (Wildman–Crippen MR) is 86.6 cm³/mol. The van der Waals surface area contributed by atoms with Gasteiger partial charge in [-0.1, -0.05) is 19.9 Å². The summed E-state index contributed by atoms with van der Waals surface area (Å²) < 4.78 is 5.30. The maximum absolute atomic E-state index is 12.4. The van der Waals surface area contributed by atoms with Crippen molar-refractivity contribution in [3.63, 3.8) is 0 Å². The highest BCUT2D eigenvalue weighted by Gasteiger charge is 2.27. The van der Waals surface area contributed by atoms with Crippen LogP contribution in [-0.4, -0.2) is 13.0 Å². The number of hydrogen-bond donors (Lipinski definition) is 1. The van der Waals surface area contributed by atoms with E-state index >= 15 is 0 Å². The predicted octanol–water partition coefficient (Wildman–Crippen LogP) is 4.40. The Morgan fingerprint density at radius 3 is 2.48 bits per heavy atom. The molecular formula is C18H27NO2. The first-order valence-corrected chi connectivity index (χ1v) is 7.96. The lowest BCUT2D eigenvalue weighted by molar-refractivity contribution is -0.121. The number of ether oxygens (including phenoxy) is 1. The lowest BCUT2D eigenvalue weighted by Gasteiger charge is -2.30. The molecule has 0 unspecified atom stereocenters. The van der Waals surface area contributed by atoms with E-state index in [0.717, 1.165) is 41.7 Å². The molecule has 0 aliphatic heterocycles. The van der Waals surface area contributed by atoms with Crippen LogP contribution in [0.3, 0.4) is 0 Å². The minimum absolute atomic E-state index is 0.156. The summed E-state index contributed by atoms with van der Waals surface area (Å²) in [6.45, 7) is 6.56. The first-order chi connectivity index (χ1) is 10.0. The first-order valence-electron chi connectivity index (χ1n) is 7.96. The molecule has 0 spiro atoms. The first kappa shape index (κ1) is 15.9. The molecule has 0 aromatic heterocycles. The molecule has 0 saturated heterocycles. The molecule has 2 rings (SSSR count). The lowest BCUT2D eigenvalue weighted by Crippen LogP contribution is -2.28. The van der Waals surface area contributed by atoms with E-state index in [1.165, 1.54) is 12.8 Å². The summed E-state index contributed by atoms with van der Waals surface area (Å²) in [7, 11) is 1.65. The maximum Gasteiger partial charge on any atom is 0.227 e. The smallest absolute Gasteiger partial charge is 0.227 e. The Bertz CT molecular complexity index is 488. The average molecular weight is 289 g/mol. The Labute approximate surface area is 128 Å². The summed E-state index contributed by atoms with van der Waals surface area (Å²) in [6, 6.07) is 5.81. The number of methoxy groups -OCH3 is 1. The van der Waals surface area contributed by atoms with Crippen molar-refractivity contribution in [2.45, 2.75) is 46.5 Å². The summed E-state index contributed by atoms with van der Waals surface area (Å²) in [5, 5.41) is 3.04. The summed E-state index contributed by atoms with van der Waals surface area (Å²) in [5.74, 6) is 2.65. The van der Waals surface area contributed by atoms with Crippen LogP contribution in [0.15, 0.2) is 18.2 Å². The zero-order valence-electron chi connectivity index (χ0n) is 13.6. The molecule has 0 heterocycles. The fraction of sp³-hybridized carbons (Fsp3) is 0.611. The number of anilines is 1. The van der Waals surface area contributed by atoms with Crippen molar-refractivity contribution < 1.29 is 9.53 Å². The van der Waals surface area contributed by atoms with Gasteiger partial charge in [-0.25, -0.2) is 0 Å². The molecular weight excluding hydrogens is 262 g/mol. The highest BCUT2D eigenvalue weighted by atomic mass is 16.5. The standard InChI is InChI=1S/C18H27NO2/c1-12(2)14-6-8-15(9-7-14)18(20)19-16-10-5-13(3)17(11-16)21-4/h5,10-12,14-15H,6-9H2,1-4H3,(H,19,20). The van der Waals surface area contributed by atoms with Gasteiger partial charge in [-0.2, -0.15) is 0 Å². The number of amides is 1. The highest BCUT2D eigenvalue weighted by molar-refractivity contribution is 5.92. The van der Waals surface area contributed by atoms with E-state index in [1.807, 2.05) is 25.1 Å². The third kappa shape index (κ3) is 3.99. The molecule has 1 amide bonds. The van der Waals surface area contributed by atoms with Crippen LogP contribution in [0.25, 0.3) is 0 Å². The number of hydrogen-bond acceptors (Lipinski definition) is 2. The number of nitrogens with one attached hydrogen (secondary N) is 1. The zero-order chi connectivity index (χ0) is 15.4.